The Bertz CT molecular complexity index is 822. The summed E-state index contributed by atoms with van der Waals surface area (Å²) in [4.78, 5) is 39.5. The van der Waals surface area contributed by atoms with Crippen LogP contribution in [-0.4, -0.2) is 41.7 Å². The van der Waals surface area contributed by atoms with Gasteiger partial charge in [-0.1, -0.05) is 72.8 Å². The maximum Gasteiger partial charge on any atom is 0.332 e. The molecule has 0 aromatic heterocycles. The second-order valence-electron chi connectivity index (χ2n) is 6.26. The molecule has 1 fully saturated rings. The molecule has 5 nitrogen and oxygen atoms in total. The highest BCUT2D eigenvalue weighted by Crippen LogP contribution is 2.32. The minimum absolute atomic E-state index is 0.464. The van der Waals surface area contributed by atoms with Gasteiger partial charge in [0.25, 0.3) is 0 Å². The summed E-state index contributed by atoms with van der Waals surface area (Å²) in [5, 5.41) is 0. The van der Waals surface area contributed by atoms with Crippen molar-refractivity contribution in [2.75, 3.05) is 14.1 Å². The molecule has 0 radical (unpaired) electrons. The second-order valence-corrected chi connectivity index (χ2v) is 6.26. The SMILES string of the molecule is CN1C(=O)C(C(/C=C/c2ccccc2)c2ccccc2)C(=O)N(C)C1=O. The van der Waals surface area contributed by atoms with E-state index in [1.807, 2.05) is 72.8 Å². The number of rotatable bonds is 4. The molecule has 3 rings (SSSR count). The Morgan fingerprint density at radius 1 is 0.808 bits per heavy atom. The molecule has 0 aliphatic carbocycles. The van der Waals surface area contributed by atoms with E-state index >= 15 is 0 Å². The zero-order valence-corrected chi connectivity index (χ0v) is 14.7. The van der Waals surface area contributed by atoms with Gasteiger partial charge in [-0.25, -0.2) is 4.79 Å². The van der Waals surface area contributed by atoms with Crippen molar-refractivity contribution in [3.05, 3.63) is 77.9 Å². The van der Waals surface area contributed by atoms with Crippen LogP contribution in [0, 0.1) is 5.92 Å². The van der Waals surface area contributed by atoms with Gasteiger partial charge in [-0.15, -0.1) is 0 Å². The maximum atomic E-state index is 12.7. The normalized spacial score (nSPS) is 17.2. The summed E-state index contributed by atoms with van der Waals surface area (Å²) >= 11 is 0. The zero-order valence-electron chi connectivity index (χ0n) is 14.7. The fraction of sp³-hybridized carbons (Fsp3) is 0.190. The molecule has 1 atom stereocenters. The Hall–Kier alpha value is -3.21. The van der Waals surface area contributed by atoms with Gasteiger partial charge in [0.2, 0.25) is 11.8 Å². The summed E-state index contributed by atoms with van der Waals surface area (Å²) in [6, 6.07) is 18.5. The van der Waals surface area contributed by atoms with Crippen molar-refractivity contribution in [1.82, 2.24) is 9.80 Å². The summed E-state index contributed by atoms with van der Waals surface area (Å²) in [6.07, 6.45) is 3.76. The molecule has 4 amide bonds. The highest BCUT2D eigenvalue weighted by atomic mass is 16.2. The van der Waals surface area contributed by atoms with Gasteiger partial charge in [0.15, 0.2) is 0 Å². The molecule has 0 bridgehead atoms. The van der Waals surface area contributed by atoms with Crippen LogP contribution >= 0.6 is 0 Å². The van der Waals surface area contributed by atoms with Gasteiger partial charge in [0.05, 0.1) is 0 Å². The first-order chi connectivity index (χ1) is 12.5. The molecule has 0 spiro atoms. The fourth-order valence-electron chi connectivity index (χ4n) is 3.11. The largest absolute Gasteiger partial charge is 0.332 e. The van der Waals surface area contributed by atoms with Crippen LogP contribution in [0.3, 0.4) is 0 Å². The Balaban J connectivity index is 2.03. The molecule has 1 saturated heterocycles. The van der Waals surface area contributed by atoms with E-state index in [2.05, 4.69) is 0 Å². The molecule has 0 saturated carbocycles. The summed E-state index contributed by atoms with van der Waals surface area (Å²) in [7, 11) is 2.81. The first kappa shape index (κ1) is 17.6. The van der Waals surface area contributed by atoms with Crippen molar-refractivity contribution in [1.29, 1.82) is 0 Å². The predicted octanol–water partition coefficient (Wildman–Crippen LogP) is 3.15. The van der Waals surface area contributed by atoms with Crippen LogP contribution in [0.25, 0.3) is 6.08 Å². The van der Waals surface area contributed by atoms with Gasteiger partial charge in [-0.3, -0.25) is 19.4 Å². The maximum absolute atomic E-state index is 12.7. The fourth-order valence-corrected chi connectivity index (χ4v) is 3.11. The molecule has 1 unspecified atom stereocenters. The quantitative estimate of drug-likeness (QED) is 0.798. The lowest BCUT2D eigenvalue weighted by molar-refractivity contribution is -0.148. The van der Waals surface area contributed by atoms with Gasteiger partial charge in [-0.05, 0) is 11.1 Å². The Morgan fingerprint density at radius 2 is 1.31 bits per heavy atom. The van der Waals surface area contributed by atoms with E-state index in [9.17, 15) is 14.4 Å². The number of urea groups is 1. The van der Waals surface area contributed by atoms with Gasteiger partial charge >= 0.3 is 6.03 Å². The van der Waals surface area contributed by atoms with E-state index in [1.54, 1.807) is 0 Å². The van der Waals surface area contributed by atoms with E-state index in [4.69, 9.17) is 0 Å². The zero-order chi connectivity index (χ0) is 18.7. The van der Waals surface area contributed by atoms with Crippen molar-refractivity contribution in [3.63, 3.8) is 0 Å². The number of allylic oxidation sites excluding steroid dienone is 1. The Morgan fingerprint density at radius 3 is 1.85 bits per heavy atom. The summed E-state index contributed by atoms with van der Waals surface area (Å²) in [6.45, 7) is 0. The van der Waals surface area contributed by atoms with Crippen LogP contribution in [0.1, 0.15) is 17.0 Å². The smallest absolute Gasteiger partial charge is 0.273 e. The van der Waals surface area contributed by atoms with Crippen LogP contribution in [0.4, 0.5) is 4.79 Å². The molecule has 132 valence electrons. The number of carbonyl (C=O) groups is 3. The molecule has 2 aromatic carbocycles. The minimum Gasteiger partial charge on any atom is -0.273 e. The number of carbonyl (C=O) groups excluding carboxylic acids is 3. The van der Waals surface area contributed by atoms with E-state index < -0.39 is 29.7 Å². The standard InChI is InChI=1S/C21H20N2O3/c1-22-19(24)18(20(25)23(2)21(22)26)17(16-11-7-4-8-12-16)14-13-15-9-5-3-6-10-15/h3-14,17-18H,1-2H3/b14-13+. The first-order valence-electron chi connectivity index (χ1n) is 8.38. The van der Waals surface area contributed by atoms with Crippen molar-refractivity contribution in [3.8, 4) is 0 Å². The third-order valence-electron chi connectivity index (χ3n) is 4.61. The lowest BCUT2D eigenvalue weighted by Crippen LogP contribution is -2.58. The average molecular weight is 348 g/mol. The van der Waals surface area contributed by atoms with Crippen molar-refractivity contribution in [2.45, 2.75) is 5.92 Å². The number of benzene rings is 2. The van der Waals surface area contributed by atoms with Gasteiger partial charge < -0.3 is 0 Å². The first-order valence-corrected chi connectivity index (χ1v) is 8.38. The molecule has 1 heterocycles. The number of amides is 4. The Labute approximate surface area is 152 Å². The monoisotopic (exact) mass is 348 g/mol. The van der Waals surface area contributed by atoms with Crippen LogP contribution in [0.5, 0.6) is 0 Å². The van der Waals surface area contributed by atoms with Gasteiger partial charge in [0.1, 0.15) is 5.92 Å². The predicted molar refractivity (Wildman–Crippen MR) is 99.1 cm³/mol. The molecular formula is C21H20N2O3. The summed E-state index contributed by atoms with van der Waals surface area (Å²) in [5.41, 5.74) is 1.82. The number of nitrogens with zero attached hydrogens (tertiary/aromatic N) is 2. The summed E-state index contributed by atoms with van der Waals surface area (Å²) in [5.74, 6) is -2.39. The van der Waals surface area contributed by atoms with E-state index in [-0.39, 0.29) is 0 Å². The van der Waals surface area contributed by atoms with E-state index in [0.717, 1.165) is 20.9 Å². The second kappa shape index (κ2) is 7.35. The van der Waals surface area contributed by atoms with Crippen LogP contribution < -0.4 is 0 Å². The van der Waals surface area contributed by atoms with Crippen LogP contribution in [0.15, 0.2) is 66.7 Å². The Kier molecular flexibility index (Phi) is 4.98. The van der Waals surface area contributed by atoms with E-state index in [0.29, 0.717) is 0 Å². The molecule has 0 N–H and O–H groups in total. The highest BCUT2D eigenvalue weighted by Gasteiger charge is 2.46. The molecule has 5 heteroatoms. The van der Waals surface area contributed by atoms with Gasteiger partial charge in [-0.2, -0.15) is 0 Å². The van der Waals surface area contributed by atoms with E-state index in [1.165, 1.54) is 14.1 Å². The summed E-state index contributed by atoms with van der Waals surface area (Å²) < 4.78 is 0. The third-order valence-corrected chi connectivity index (χ3v) is 4.61. The van der Waals surface area contributed by atoms with Crippen LogP contribution in [0.2, 0.25) is 0 Å². The molecule has 1 aliphatic rings. The number of hydrogen-bond acceptors (Lipinski definition) is 3. The number of barbiturate groups is 1. The van der Waals surface area contributed by atoms with Crippen molar-refractivity contribution < 1.29 is 14.4 Å². The third kappa shape index (κ3) is 3.28. The van der Waals surface area contributed by atoms with Gasteiger partial charge in [0, 0.05) is 20.0 Å². The molecule has 2 aromatic rings. The lowest BCUT2D eigenvalue weighted by Gasteiger charge is -2.35. The topological polar surface area (TPSA) is 57.7 Å². The van der Waals surface area contributed by atoms with Crippen molar-refractivity contribution >= 4 is 23.9 Å². The average Bonchev–Trinajstić information content (AvgIpc) is 2.69. The molecule has 26 heavy (non-hydrogen) atoms. The number of imide groups is 2. The molecule has 1 aliphatic heterocycles. The molecular weight excluding hydrogens is 328 g/mol. The van der Waals surface area contributed by atoms with Crippen LogP contribution in [-0.2, 0) is 9.59 Å². The highest BCUT2D eigenvalue weighted by molar-refractivity contribution is 6.16. The van der Waals surface area contributed by atoms with Crippen molar-refractivity contribution in [2.24, 2.45) is 5.92 Å². The minimum atomic E-state index is -0.968. The number of hydrogen-bond donors (Lipinski definition) is 0. The lowest BCUT2D eigenvalue weighted by atomic mass is 9.82.